The molecular weight excluding hydrogens is 464 g/mol. The van der Waals surface area contributed by atoms with Crippen molar-refractivity contribution in [3.8, 4) is 0 Å². The van der Waals surface area contributed by atoms with Gasteiger partial charge in [0.2, 0.25) is 0 Å². The Morgan fingerprint density at radius 3 is 1.11 bits per heavy atom. The SMILES string of the molecule is CCCCCCCNc1cc[n+](CCCCCCCCCC[n+]2ccc(NCCCCCCC)cc2)cc1. The summed E-state index contributed by atoms with van der Waals surface area (Å²) in [5.74, 6) is 0. The van der Waals surface area contributed by atoms with E-state index in [0.717, 1.165) is 26.2 Å². The monoisotopic (exact) mass is 524 g/mol. The van der Waals surface area contributed by atoms with Crippen LogP contribution in [0.25, 0.3) is 0 Å². The summed E-state index contributed by atoms with van der Waals surface area (Å²) in [5.41, 5.74) is 2.51. The third-order valence-electron chi connectivity index (χ3n) is 7.58. The normalized spacial score (nSPS) is 11.1. The Balaban J connectivity index is 1.39. The van der Waals surface area contributed by atoms with E-state index in [4.69, 9.17) is 0 Å². The molecule has 2 aromatic rings. The molecule has 0 amide bonds. The lowest BCUT2D eigenvalue weighted by molar-refractivity contribution is -0.697. The van der Waals surface area contributed by atoms with Gasteiger partial charge in [-0.15, -0.1) is 0 Å². The van der Waals surface area contributed by atoms with Gasteiger partial charge in [0.25, 0.3) is 0 Å². The third-order valence-corrected chi connectivity index (χ3v) is 7.58. The molecule has 0 aliphatic rings. The number of anilines is 2. The van der Waals surface area contributed by atoms with Gasteiger partial charge in [-0.1, -0.05) is 90.9 Å². The van der Waals surface area contributed by atoms with E-state index in [1.807, 2.05) is 0 Å². The molecule has 2 rings (SSSR count). The van der Waals surface area contributed by atoms with Crippen LogP contribution in [0, 0.1) is 0 Å². The summed E-state index contributed by atoms with van der Waals surface area (Å²) in [4.78, 5) is 0. The van der Waals surface area contributed by atoms with Crippen molar-refractivity contribution in [2.24, 2.45) is 0 Å². The lowest BCUT2D eigenvalue weighted by Gasteiger charge is -2.06. The molecule has 38 heavy (non-hydrogen) atoms. The molecular formula is C34H60N4+2. The second-order valence-electron chi connectivity index (χ2n) is 11.2. The number of nitrogens with one attached hydrogen (secondary N) is 2. The van der Waals surface area contributed by atoms with Gasteiger partial charge in [-0.3, -0.25) is 0 Å². The van der Waals surface area contributed by atoms with Crippen LogP contribution in [0.4, 0.5) is 11.4 Å². The Hall–Kier alpha value is -2.10. The minimum absolute atomic E-state index is 1.09. The number of unbranched alkanes of at least 4 members (excludes halogenated alkanes) is 15. The van der Waals surface area contributed by atoms with Crippen molar-refractivity contribution >= 4 is 11.4 Å². The van der Waals surface area contributed by atoms with E-state index in [0.29, 0.717) is 0 Å². The fourth-order valence-electron chi connectivity index (χ4n) is 5.02. The van der Waals surface area contributed by atoms with Gasteiger partial charge in [0.15, 0.2) is 24.8 Å². The van der Waals surface area contributed by atoms with Crippen molar-refractivity contribution < 1.29 is 9.13 Å². The van der Waals surface area contributed by atoms with Crippen molar-refractivity contribution in [2.45, 2.75) is 143 Å². The molecule has 2 N–H and O–H groups in total. The van der Waals surface area contributed by atoms with E-state index in [9.17, 15) is 0 Å². The van der Waals surface area contributed by atoms with Crippen LogP contribution in [0.2, 0.25) is 0 Å². The zero-order chi connectivity index (χ0) is 26.9. The van der Waals surface area contributed by atoms with Crippen LogP contribution in [-0.2, 0) is 13.1 Å². The molecule has 0 saturated heterocycles. The maximum Gasteiger partial charge on any atom is 0.170 e. The maximum absolute atomic E-state index is 3.56. The number of nitrogens with zero attached hydrogens (tertiary/aromatic N) is 2. The Kier molecular flexibility index (Phi) is 19.3. The van der Waals surface area contributed by atoms with Crippen molar-refractivity contribution in [2.75, 3.05) is 23.7 Å². The van der Waals surface area contributed by atoms with Gasteiger partial charge in [-0.05, 0) is 25.7 Å². The number of aromatic nitrogens is 2. The largest absolute Gasteiger partial charge is 0.385 e. The molecule has 0 bridgehead atoms. The molecule has 0 radical (unpaired) electrons. The van der Waals surface area contributed by atoms with Gasteiger partial charge in [-0.2, -0.15) is 0 Å². The van der Waals surface area contributed by atoms with Crippen LogP contribution in [-0.4, -0.2) is 13.1 Å². The van der Waals surface area contributed by atoms with Gasteiger partial charge in [0.1, 0.15) is 13.1 Å². The molecule has 2 heterocycles. The number of aryl methyl sites for hydroxylation is 2. The molecule has 4 nitrogen and oxygen atoms in total. The molecule has 0 fully saturated rings. The van der Waals surface area contributed by atoms with E-state index in [1.54, 1.807) is 0 Å². The zero-order valence-electron chi connectivity index (χ0n) is 25.1. The first-order valence-corrected chi connectivity index (χ1v) is 16.3. The van der Waals surface area contributed by atoms with E-state index < -0.39 is 0 Å². The molecule has 4 heteroatoms. The standard InChI is InChI=1S/C34H58N4/c1-3-5-7-13-17-25-35-33-21-29-37(30-22-33)27-19-15-11-9-10-12-16-20-28-38-31-23-34(24-32-38)36-26-18-14-8-6-4-2/h21-24,29-32H,3-20,25-28H2,1-2H3/p+2. The summed E-state index contributed by atoms with van der Waals surface area (Å²) in [5, 5.41) is 7.12. The summed E-state index contributed by atoms with van der Waals surface area (Å²) >= 11 is 0. The molecule has 2 aromatic heterocycles. The first-order valence-electron chi connectivity index (χ1n) is 16.3. The van der Waals surface area contributed by atoms with Crippen molar-refractivity contribution in [3.63, 3.8) is 0 Å². The van der Waals surface area contributed by atoms with Crippen molar-refractivity contribution in [3.05, 3.63) is 49.1 Å². The maximum atomic E-state index is 3.56. The molecule has 0 unspecified atom stereocenters. The van der Waals surface area contributed by atoms with Crippen LogP contribution in [0.1, 0.15) is 129 Å². The molecule has 0 aliphatic carbocycles. The molecule has 0 aromatic carbocycles. The zero-order valence-corrected chi connectivity index (χ0v) is 25.1. The minimum Gasteiger partial charge on any atom is -0.385 e. The third kappa shape index (κ3) is 16.7. The Morgan fingerprint density at radius 2 is 0.737 bits per heavy atom. The van der Waals surface area contributed by atoms with Gasteiger partial charge in [0.05, 0.1) is 0 Å². The fourth-order valence-corrected chi connectivity index (χ4v) is 5.02. The number of hydrogen-bond donors (Lipinski definition) is 2. The first-order chi connectivity index (χ1) is 18.8. The summed E-state index contributed by atoms with van der Waals surface area (Å²) < 4.78 is 4.67. The fraction of sp³-hybridized carbons (Fsp3) is 0.706. The highest BCUT2D eigenvalue weighted by Gasteiger charge is 2.03. The van der Waals surface area contributed by atoms with E-state index in [2.05, 4.69) is 82.7 Å². The van der Waals surface area contributed by atoms with Gasteiger partial charge >= 0.3 is 0 Å². The molecule has 0 spiro atoms. The van der Waals surface area contributed by atoms with E-state index in [-0.39, 0.29) is 0 Å². The van der Waals surface area contributed by atoms with Crippen LogP contribution >= 0.6 is 0 Å². The van der Waals surface area contributed by atoms with Crippen LogP contribution in [0.5, 0.6) is 0 Å². The number of hydrogen-bond acceptors (Lipinski definition) is 2. The van der Waals surface area contributed by atoms with Gasteiger partial charge in [0, 0.05) is 61.6 Å². The Labute approximate surface area is 235 Å². The van der Waals surface area contributed by atoms with Crippen LogP contribution < -0.4 is 19.8 Å². The number of rotatable bonds is 25. The smallest absolute Gasteiger partial charge is 0.170 e. The van der Waals surface area contributed by atoms with Crippen molar-refractivity contribution in [1.29, 1.82) is 0 Å². The molecule has 214 valence electrons. The van der Waals surface area contributed by atoms with E-state index >= 15 is 0 Å². The van der Waals surface area contributed by atoms with Gasteiger partial charge in [-0.25, -0.2) is 9.13 Å². The highest BCUT2D eigenvalue weighted by Crippen LogP contribution is 2.10. The Morgan fingerprint density at radius 1 is 0.421 bits per heavy atom. The summed E-state index contributed by atoms with van der Waals surface area (Å²) in [6, 6.07) is 8.91. The summed E-state index contributed by atoms with van der Waals surface area (Å²) in [6.45, 7) is 9.02. The molecule has 0 aliphatic heterocycles. The predicted octanol–water partition coefficient (Wildman–Crippen LogP) is 8.85. The second-order valence-corrected chi connectivity index (χ2v) is 11.2. The highest BCUT2D eigenvalue weighted by atomic mass is 14.9. The Bertz CT molecular complexity index is 705. The van der Waals surface area contributed by atoms with Crippen LogP contribution in [0.15, 0.2) is 49.1 Å². The minimum atomic E-state index is 1.09. The first kappa shape index (κ1) is 32.1. The lowest BCUT2D eigenvalue weighted by atomic mass is 10.1. The quantitative estimate of drug-likeness (QED) is 0.100. The average molecular weight is 525 g/mol. The molecule has 0 atom stereocenters. The second kappa shape index (κ2) is 22.8. The predicted molar refractivity (Wildman–Crippen MR) is 165 cm³/mol. The van der Waals surface area contributed by atoms with E-state index in [1.165, 1.54) is 127 Å². The molecule has 0 saturated carbocycles. The number of pyridine rings is 2. The average Bonchev–Trinajstić information content (AvgIpc) is 2.95. The van der Waals surface area contributed by atoms with Crippen molar-refractivity contribution in [1.82, 2.24) is 0 Å². The summed E-state index contributed by atoms with van der Waals surface area (Å²) in [7, 11) is 0. The van der Waals surface area contributed by atoms with Gasteiger partial charge < -0.3 is 10.6 Å². The highest BCUT2D eigenvalue weighted by molar-refractivity contribution is 5.40. The summed E-state index contributed by atoms with van der Waals surface area (Å²) in [6.07, 6.45) is 33.1. The lowest BCUT2D eigenvalue weighted by Crippen LogP contribution is -2.32. The topological polar surface area (TPSA) is 31.8 Å². The van der Waals surface area contributed by atoms with Crippen LogP contribution in [0.3, 0.4) is 0 Å².